The lowest BCUT2D eigenvalue weighted by Gasteiger charge is -2.04. The van der Waals surface area contributed by atoms with Crippen LogP contribution in [0.5, 0.6) is 0 Å². The highest BCUT2D eigenvalue weighted by Gasteiger charge is 2.13. The summed E-state index contributed by atoms with van der Waals surface area (Å²) in [7, 11) is 0. The topological polar surface area (TPSA) is 53.1 Å². The minimum absolute atomic E-state index is 0.115. The number of nitrogens with one attached hydrogen (secondary N) is 1. The van der Waals surface area contributed by atoms with Gasteiger partial charge in [-0.05, 0) is 29.8 Å². The number of aromatic amines is 1. The van der Waals surface area contributed by atoms with Gasteiger partial charge in [-0.2, -0.15) is 0 Å². The molecule has 0 atom stereocenters. The Kier molecular flexibility index (Phi) is 2.75. The summed E-state index contributed by atoms with van der Waals surface area (Å²) in [6.45, 7) is 0. The van der Waals surface area contributed by atoms with Crippen LogP contribution in [0.2, 0.25) is 0 Å². The third kappa shape index (κ3) is 1.93. The number of carboxylic acid groups (broad SMARTS) is 1. The number of hydrogen-bond donors (Lipinski definition) is 2. The molecule has 0 bridgehead atoms. The van der Waals surface area contributed by atoms with Crippen LogP contribution in [-0.2, 0) is 0 Å². The quantitative estimate of drug-likeness (QED) is 0.746. The molecule has 2 aromatic carbocycles. The largest absolute Gasteiger partial charge is 0.478 e. The summed E-state index contributed by atoms with van der Waals surface area (Å²) in [6, 6.07) is 8.19. The van der Waals surface area contributed by atoms with Crippen molar-refractivity contribution in [3.8, 4) is 11.1 Å². The Balaban J connectivity index is 2.21. The molecule has 5 heteroatoms. The van der Waals surface area contributed by atoms with Crippen LogP contribution in [-0.4, -0.2) is 16.1 Å². The lowest BCUT2D eigenvalue weighted by Crippen LogP contribution is -1.94. The molecule has 0 unspecified atom stereocenters. The van der Waals surface area contributed by atoms with Crippen molar-refractivity contribution in [3.63, 3.8) is 0 Å². The maximum atomic E-state index is 13.8. The molecule has 0 aliphatic rings. The summed E-state index contributed by atoms with van der Waals surface area (Å²) in [5.74, 6) is -2.40. The van der Waals surface area contributed by atoms with Crippen LogP contribution in [0.4, 0.5) is 8.78 Å². The Labute approximate surface area is 112 Å². The molecule has 3 rings (SSSR count). The molecule has 100 valence electrons. The standard InChI is InChI=1S/C15H9F2NO2/c16-9-2-3-10(13(17)6-9)8-1-4-14-11(5-8)12(7-18-14)15(19)20/h1-7,18H,(H,19,20). The molecule has 3 nitrogen and oxygen atoms in total. The number of aromatic nitrogens is 1. The monoisotopic (exact) mass is 273 g/mol. The average molecular weight is 273 g/mol. The third-order valence-electron chi connectivity index (χ3n) is 3.15. The summed E-state index contributed by atoms with van der Waals surface area (Å²) < 4.78 is 26.7. The molecule has 0 aliphatic carbocycles. The summed E-state index contributed by atoms with van der Waals surface area (Å²) in [5.41, 5.74) is 1.49. The van der Waals surface area contributed by atoms with Crippen LogP contribution in [0.15, 0.2) is 42.6 Å². The van der Waals surface area contributed by atoms with Crippen LogP contribution < -0.4 is 0 Å². The number of aromatic carboxylic acids is 1. The number of halogens is 2. The zero-order valence-corrected chi connectivity index (χ0v) is 10.2. The van der Waals surface area contributed by atoms with E-state index in [0.29, 0.717) is 16.5 Å². The number of benzene rings is 2. The van der Waals surface area contributed by atoms with E-state index in [1.165, 1.54) is 12.3 Å². The fourth-order valence-corrected chi connectivity index (χ4v) is 2.19. The van der Waals surface area contributed by atoms with Crippen molar-refractivity contribution in [2.45, 2.75) is 0 Å². The zero-order valence-electron chi connectivity index (χ0n) is 10.2. The van der Waals surface area contributed by atoms with Gasteiger partial charge in [-0.25, -0.2) is 13.6 Å². The number of rotatable bonds is 2. The number of fused-ring (bicyclic) bond motifs is 1. The van der Waals surface area contributed by atoms with E-state index in [1.807, 2.05) is 0 Å². The molecule has 0 saturated carbocycles. The van der Waals surface area contributed by atoms with Crippen molar-refractivity contribution >= 4 is 16.9 Å². The maximum Gasteiger partial charge on any atom is 0.337 e. The summed E-state index contributed by atoms with van der Waals surface area (Å²) in [4.78, 5) is 13.9. The van der Waals surface area contributed by atoms with E-state index in [-0.39, 0.29) is 11.1 Å². The van der Waals surface area contributed by atoms with Crippen molar-refractivity contribution in [2.75, 3.05) is 0 Å². The van der Waals surface area contributed by atoms with E-state index in [0.717, 1.165) is 12.1 Å². The molecular formula is C15H9F2NO2. The minimum Gasteiger partial charge on any atom is -0.478 e. The normalized spacial score (nSPS) is 10.9. The molecule has 0 spiro atoms. The highest BCUT2D eigenvalue weighted by Crippen LogP contribution is 2.28. The Bertz CT molecular complexity index is 824. The second kappa shape index (κ2) is 4.45. The summed E-state index contributed by atoms with van der Waals surface area (Å²) in [5, 5.41) is 9.57. The average Bonchev–Trinajstić information content (AvgIpc) is 2.81. The van der Waals surface area contributed by atoms with Gasteiger partial charge in [0.2, 0.25) is 0 Å². The van der Waals surface area contributed by atoms with E-state index in [4.69, 9.17) is 5.11 Å². The molecule has 0 aliphatic heterocycles. The van der Waals surface area contributed by atoms with Crippen molar-refractivity contribution in [3.05, 3.63) is 59.8 Å². The van der Waals surface area contributed by atoms with Gasteiger partial charge in [0.15, 0.2) is 0 Å². The van der Waals surface area contributed by atoms with Crippen LogP contribution in [0.25, 0.3) is 22.0 Å². The smallest absolute Gasteiger partial charge is 0.337 e. The molecule has 0 amide bonds. The Hall–Kier alpha value is -2.69. The second-order valence-corrected chi connectivity index (χ2v) is 4.39. The molecule has 0 saturated heterocycles. The van der Waals surface area contributed by atoms with Gasteiger partial charge >= 0.3 is 5.97 Å². The van der Waals surface area contributed by atoms with Crippen LogP contribution >= 0.6 is 0 Å². The first-order chi connectivity index (χ1) is 9.56. The molecule has 0 radical (unpaired) electrons. The fourth-order valence-electron chi connectivity index (χ4n) is 2.19. The van der Waals surface area contributed by atoms with Gasteiger partial charge in [-0.3, -0.25) is 0 Å². The number of H-pyrrole nitrogens is 1. The summed E-state index contributed by atoms with van der Waals surface area (Å²) in [6.07, 6.45) is 1.39. The van der Waals surface area contributed by atoms with Crippen LogP contribution in [0.1, 0.15) is 10.4 Å². The number of carbonyl (C=O) groups is 1. The van der Waals surface area contributed by atoms with E-state index < -0.39 is 17.6 Å². The van der Waals surface area contributed by atoms with Gasteiger partial charge in [0.25, 0.3) is 0 Å². The van der Waals surface area contributed by atoms with Gasteiger partial charge in [0, 0.05) is 28.7 Å². The Morgan fingerprint density at radius 1 is 1.10 bits per heavy atom. The molecule has 2 N–H and O–H groups in total. The SMILES string of the molecule is O=C(O)c1c[nH]c2ccc(-c3ccc(F)cc3F)cc12. The van der Waals surface area contributed by atoms with E-state index in [9.17, 15) is 13.6 Å². The van der Waals surface area contributed by atoms with Crippen molar-refractivity contribution < 1.29 is 18.7 Å². The van der Waals surface area contributed by atoms with Crippen molar-refractivity contribution in [1.82, 2.24) is 4.98 Å². The maximum absolute atomic E-state index is 13.8. The molecule has 3 aromatic rings. The van der Waals surface area contributed by atoms with Crippen molar-refractivity contribution in [2.24, 2.45) is 0 Å². The van der Waals surface area contributed by atoms with Gasteiger partial charge in [-0.15, -0.1) is 0 Å². The van der Waals surface area contributed by atoms with Gasteiger partial charge in [0.1, 0.15) is 11.6 Å². The molecule has 0 fully saturated rings. The molecule has 1 heterocycles. The van der Waals surface area contributed by atoms with Gasteiger partial charge < -0.3 is 10.1 Å². The molecule has 20 heavy (non-hydrogen) atoms. The highest BCUT2D eigenvalue weighted by molar-refractivity contribution is 6.04. The van der Waals surface area contributed by atoms with Crippen LogP contribution in [0.3, 0.4) is 0 Å². The number of carboxylic acids is 1. The molecular weight excluding hydrogens is 264 g/mol. The van der Waals surface area contributed by atoms with E-state index in [2.05, 4.69) is 4.98 Å². The number of hydrogen-bond acceptors (Lipinski definition) is 1. The first kappa shape index (κ1) is 12.3. The second-order valence-electron chi connectivity index (χ2n) is 4.39. The van der Waals surface area contributed by atoms with Gasteiger partial charge in [0.05, 0.1) is 5.56 Å². The predicted molar refractivity (Wildman–Crippen MR) is 70.6 cm³/mol. The first-order valence-electron chi connectivity index (χ1n) is 5.86. The van der Waals surface area contributed by atoms with E-state index in [1.54, 1.807) is 18.2 Å². The van der Waals surface area contributed by atoms with Crippen LogP contribution in [0, 0.1) is 11.6 Å². The predicted octanol–water partition coefficient (Wildman–Crippen LogP) is 3.81. The Morgan fingerprint density at radius 2 is 1.90 bits per heavy atom. The summed E-state index contributed by atoms with van der Waals surface area (Å²) >= 11 is 0. The lowest BCUT2D eigenvalue weighted by molar-refractivity contribution is 0.0699. The van der Waals surface area contributed by atoms with E-state index >= 15 is 0 Å². The highest BCUT2D eigenvalue weighted by atomic mass is 19.1. The van der Waals surface area contributed by atoms with Gasteiger partial charge in [-0.1, -0.05) is 6.07 Å². The Morgan fingerprint density at radius 3 is 2.60 bits per heavy atom. The van der Waals surface area contributed by atoms with Crippen molar-refractivity contribution in [1.29, 1.82) is 0 Å². The lowest BCUT2D eigenvalue weighted by atomic mass is 10.0. The third-order valence-corrected chi connectivity index (χ3v) is 3.15. The zero-order chi connectivity index (χ0) is 14.3. The minimum atomic E-state index is -1.06. The first-order valence-corrected chi connectivity index (χ1v) is 5.86. The molecule has 1 aromatic heterocycles. The fraction of sp³-hybridized carbons (Fsp3) is 0.